The number of nitrogens with zero attached hydrogens (tertiary/aromatic N) is 1. The maximum absolute atomic E-state index is 10.8. The van der Waals surface area contributed by atoms with Crippen molar-refractivity contribution >= 4 is 5.91 Å². The summed E-state index contributed by atoms with van der Waals surface area (Å²) in [5.41, 5.74) is 2.64. The van der Waals surface area contributed by atoms with E-state index in [9.17, 15) is 4.79 Å². The molecule has 2 rings (SSSR count). The SMILES string of the molecule is O=C(CCCCCc1ncc(-c2ccccc2)o1)NO. The molecule has 106 valence electrons. The normalized spacial score (nSPS) is 10.4. The molecule has 1 aromatic carbocycles. The third-order valence-electron chi connectivity index (χ3n) is 3.03. The van der Waals surface area contributed by atoms with E-state index in [1.54, 1.807) is 11.7 Å². The van der Waals surface area contributed by atoms with Crippen LogP contribution < -0.4 is 5.48 Å². The minimum absolute atomic E-state index is 0.340. The summed E-state index contributed by atoms with van der Waals surface area (Å²) in [7, 11) is 0. The number of hydrogen-bond donors (Lipinski definition) is 2. The third kappa shape index (κ3) is 4.20. The highest BCUT2D eigenvalue weighted by molar-refractivity contribution is 5.74. The second-order valence-corrected chi connectivity index (χ2v) is 4.58. The van der Waals surface area contributed by atoms with Crippen LogP contribution in [0.3, 0.4) is 0 Å². The highest BCUT2D eigenvalue weighted by Gasteiger charge is 2.06. The van der Waals surface area contributed by atoms with Crippen LogP contribution in [0.25, 0.3) is 11.3 Å². The van der Waals surface area contributed by atoms with Gasteiger partial charge in [-0.2, -0.15) is 0 Å². The molecule has 0 bridgehead atoms. The largest absolute Gasteiger partial charge is 0.441 e. The molecule has 0 aliphatic carbocycles. The zero-order valence-corrected chi connectivity index (χ0v) is 11.2. The van der Waals surface area contributed by atoms with Gasteiger partial charge in [-0.25, -0.2) is 10.5 Å². The van der Waals surface area contributed by atoms with Crippen LogP contribution in [0.5, 0.6) is 0 Å². The van der Waals surface area contributed by atoms with Gasteiger partial charge in [-0.05, 0) is 12.8 Å². The molecule has 0 spiro atoms. The molecule has 5 nitrogen and oxygen atoms in total. The number of nitrogens with one attached hydrogen (secondary N) is 1. The first-order valence-electron chi connectivity index (χ1n) is 6.72. The van der Waals surface area contributed by atoms with Gasteiger partial charge >= 0.3 is 0 Å². The maximum Gasteiger partial charge on any atom is 0.243 e. The number of unbranched alkanes of at least 4 members (excludes halogenated alkanes) is 2. The Morgan fingerprint density at radius 3 is 2.75 bits per heavy atom. The molecule has 0 aliphatic rings. The van der Waals surface area contributed by atoms with Gasteiger partial charge in [0.25, 0.3) is 0 Å². The van der Waals surface area contributed by atoms with Gasteiger partial charge in [-0.3, -0.25) is 10.0 Å². The van der Waals surface area contributed by atoms with Gasteiger partial charge in [0.15, 0.2) is 11.7 Å². The molecule has 1 aromatic heterocycles. The highest BCUT2D eigenvalue weighted by atomic mass is 16.5. The number of benzene rings is 1. The topological polar surface area (TPSA) is 75.4 Å². The van der Waals surface area contributed by atoms with E-state index in [4.69, 9.17) is 9.62 Å². The smallest absolute Gasteiger partial charge is 0.243 e. The summed E-state index contributed by atoms with van der Waals surface area (Å²) >= 11 is 0. The maximum atomic E-state index is 10.8. The van der Waals surface area contributed by atoms with Crippen LogP contribution in [0.4, 0.5) is 0 Å². The first-order chi connectivity index (χ1) is 9.79. The van der Waals surface area contributed by atoms with Crippen LogP contribution in [-0.2, 0) is 11.2 Å². The zero-order valence-electron chi connectivity index (χ0n) is 11.2. The van der Waals surface area contributed by atoms with Crippen molar-refractivity contribution in [2.75, 3.05) is 0 Å². The molecule has 0 unspecified atom stereocenters. The summed E-state index contributed by atoms with van der Waals surface area (Å²) in [5, 5.41) is 8.36. The first kappa shape index (κ1) is 14.3. The van der Waals surface area contributed by atoms with Gasteiger partial charge in [0.1, 0.15) is 0 Å². The van der Waals surface area contributed by atoms with E-state index in [1.165, 1.54) is 0 Å². The Morgan fingerprint density at radius 1 is 1.20 bits per heavy atom. The van der Waals surface area contributed by atoms with Crippen molar-refractivity contribution in [3.05, 3.63) is 42.4 Å². The van der Waals surface area contributed by atoms with Crippen LogP contribution in [0.2, 0.25) is 0 Å². The van der Waals surface area contributed by atoms with E-state index in [2.05, 4.69) is 4.98 Å². The monoisotopic (exact) mass is 274 g/mol. The lowest BCUT2D eigenvalue weighted by Crippen LogP contribution is -2.17. The Bertz CT molecular complexity index is 537. The van der Waals surface area contributed by atoms with Gasteiger partial charge < -0.3 is 4.42 Å². The average molecular weight is 274 g/mol. The summed E-state index contributed by atoms with van der Waals surface area (Å²) in [4.78, 5) is 15.1. The number of oxazole rings is 1. The average Bonchev–Trinajstić information content (AvgIpc) is 2.96. The van der Waals surface area contributed by atoms with Crippen LogP contribution in [0.1, 0.15) is 31.6 Å². The van der Waals surface area contributed by atoms with Gasteiger partial charge in [-0.1, -0.05) is 36.8 Å². The van der Waals surface area contributed by atoms with Gasteiger partial charge in [0, 0.05) is 18.4 Å². The van der Waals surface area contributed by atoms with Crippen molar-refractivity contribution in [3.8, 4) is 11.3 Å². The molecule has 0 radical (unpaired) electrons. The molecule has 1 amide bonds. The standard InChI is InChI=1S/C15H18N2O3/c18-14(17-19)9-5-2-6-10-15-16-11-13(20-15)12-7-3-1-4-8-12/h1,3-4,7-8,11,19H,2,5-6,9-10H2,(H,17,18). The van der Waals surface area contributed by atoms with Crippen molar-refractivity contribution in [1.29, 1.82) is 0 Å². The van der Waals surface area contributed by atoms with E-state index in [0.29, 0.717) is 6.42 Å². The Morgan fingerprint density at radius 2 is 2.00 bits per heavy atom. The van der Waals surface area contributed by atoms with E-state index in [1.807, 2.05) is 30.3 Å². The van der Waals surface area contributed by atoms with E-state index in [0.717, 1.165) is 42.9 Å². The fraction of sp³-hybridized carbons (Fsp3) is 0.333. The number of carbonyl (C=O) groups is 1. The number of aromatic nitrogens is 1. The second-order valence-electron chi connectivity index (χ2n) is 4.58. The summed E-state index contributed by atoms with van der Waals surface area (Å²) in [5.74, 6) is 1.16. The second kappa shape index (κ2) is 7.45. The number of aryl methyl sites for hydroxylation is 1. The minimum Gasteiger partial charge on any atom is -0.441 e. The molecule has 5 heteroatoms. The van der Waals surface area contributed by atoms with Crippen LogP contribution in [0, 0.1) is 0 Å². The fourth-order valence-electron chi connectivity index (χ4n) is 1.96. The zero-order chi connectivity index (χ0) is 14.2. The van der Waals surface area contributed by atoms with E-state index < -0.39 is 0 Å². The number of hydroxylamine groups is 1. The predicted molar refractivity (Wildman–Crippen MR) is 74.0 cm³/mol. The van der Waals surface area contributed by atoms with Crippen molar-refractivity contribution in [3.63, 3.8) is 0 Å². The Labute approximate surface area is 117 Å². The number of rotatable bonds is 7. The highest BCUT2D eigenvalue weighted by Crippen LogP contribution is 2.20. The molecule has 20 heavy (non-hydrogen) atoms. The van der Waals surface area contributed by atoms with Crippen LogP contribution in [-0.4, -0.2) is 16.1 Å². The van der Waals surface area contributed by atoms with Gasteiger partial charge in [0.05, 0.1) is 6.20 Å². The van der Waals surface area contributed by atoms with Crippen molar-refractivity contribution in [2.45, 2.75) is 32.1 Å². The number of carbonyl (C=O) groups excluding carboxylic acids is 1. The third-order valence-corrected chi connectivity index (χ3v) is 3.03. The van der Waals surface area contributed by atoms with Crippen molar-refractivity contribution < 1.29 is 14.4 Å². The Kier molecular flexibility index (Phi) is 5.32. The summed E-state index contributed by atoms with van der Waals surface area (Å²) in [6.07, 6.45) is 5.40. The lowest BCUT2D eigenvalue weighted by Gasteiger charge is -1.99. The van der Waals surface area contributed by atoms with Crippen LogP contribution in [0.15, 0.2) is 40.9 Å². The fourth-order valence-corrected chi connectivity index (χ4v) is 1.96. The molecule has 0 saturated heterocycles. The molecule has 2 N–H and O–H groups in total. The summed E-state index contributed by atoms with van der Waals surface area (Å²) < 4.78 is 5.69. The molecule has 0 aliphatic heterocycles. The number of amides is 1. The van der Waals surface area contributed by atoms with Crippen molar-refractivity contribution in [1.82, 2.24) is 10.5 Å². The molecule has 0 saturated carbocycles. The van der Waals surface area contributed by atoms with Gasteiger partial charge in [0.2, 0.25) is 5.91 Å². The lowest BCUT2D eigenvalue weighted by molar-refractivity contribution is -0.129. The molecule has 0 fully saturated rings. The lowest BCUT2D eigenvalue weighted by atomic mass is 10.1. The van der Waals surface area contributed by atoms with E-state index in [-0.39, 0.29) is 5.91 Å². The number of hydrogen-bond acceptors (Lipinski definition) is 4. The summed E-state index contributed by atoms with van der Waals surface area (Å²) in [6.45, 7) is 0. The Balaban J connectivity index is 1.75. The van der Waals surface area contributed by atoms with Crippen molar-refractivity contribution in [2.24, 2.45) is 0 Å². The van der Waals surface area contributed by atoms with Gasteiger partial charge in [-0.15, -0.1) is 0 Å². The molecular weight excluding hydrogens is 256 g/mol. The minimum atomic E-state index is -0.340. The molecule has 1 heterocycles. The summed E-state index contributed by atoms with van der Waals surface area (Å²) in [6, 6.07) is 9.85. The molecular formula is C15H18N2O3. The molecule has 2 aromatic rings. The quantitative estimate of drug-likeness (QED) is 0.462. The van der Waals surface area contributed by atoms with E-state index >= 15 is 0 Å². The Hall–Kier alpha value is -2.14. The first-order valence-corrected chi connectivity index (χ1v) is 6.72. The molecule has 0 atom stereocenters. The predicted octanol–water partition coefficient (Wildman–Crippen LogP) is 2.95. The van der Waals surface area contributed by atoms with Crippen LogP contribution >= 0.6 is 0 Å².